The minimum absolute atomic E-state index is 0.00502. The number of carbonyl (C=O) groups is 1. The average Bonchev–Trinajstić information content (AvgIpc) is 3.14. The van der Waals surface area contributed by atoms with Crippen molar-refractivity contribution in [3.05, 3.63) is 65.2 Å². The van der Waals surface area contributed by atoms with Gasteiger partial charge in [-0.2, -0.15) is 0 Å². The number of phosphoric ester groups is 1. The fourth-order valence-electron chi connectivity index (χ4n) is 4.71. The van der Waals surface area contributed by atoms with E-state index in [2.05, 4.69) is 4.52 Å². The quantitative estimate of drug-likeness (QED) is 0.561. The van der Waals surface area contributed by atoms with Gasteiger partial charge in [0, 0.05) is 31.1 Å². The molecule has 0 spiro atoms. The first-order valence-electron chi connectivity index (χ1n) is 11.0. The highest BCUT2D eigenvalue weighted by Gasteiger charge is 2.40. The monoisotopic (exact) mass is 498 g/mol. The number of nitrogens with zero attached hydrogens (tertiary/aromatic N) is 2. The van der Waals surface area contributed by atoms with Crippen molar-refractivity contribution in [2.45, 2.75) is 43.9 Å². The summed E-state index contributed by atoms with van der Waals surface area (Å²) >= 11 is 0. The molecular formula is C23H26F3N2O5P. The van der Waals surface area contributed by atoms with E-state index in [-0.39, 0.29) is 29.7 Å². The third-order valence-corrected chi connectivity index (χ3v) is 6.87. The first-order valence-corrected chi connectivity index (χ1v) is 12.5. The van der Waals surface area contributed by atoms with E-state index in [1.54, 1.807) is 29.2 Å². The van der Waals surface area contributed by atoms with Crippen LogP contribution < -0.4 is 4.52 Å². The molecule has 2 aromatic carbocycles. The number of hydrogen-bond donors (Lipinski definition) is 2. The van der Waals surface area contributed by atoms with Gasteiger partial charge < -0.3 is 9.42 Å². The van der Waals surface area contributed by atoms with Crippen molar-refractivity contribution in [2.24, 2.45) is 0 Å². The number of halogens is 3. The van der Waals surface area contributed by atoms with Crippen molar-refractivity contribution < 1.29 is 36.8 Å². The summed E-state index contributed by atoms with van der Waals surface area (Å²) in [4.78, 5) is 34.3. The minimum Gasteiger partial charge on any atom is -0.404 e. The van der Waals surface area contributed by atoms with Crippen LogP contribution in [0.3, 0.4) is 0 Å². The van der Waals surface area contributed by atoms with E-state index in [4.69, 9.17) is 9.79 Å². The molecule has 184 valence electrons. The summed E-state index contributed by atoms with van der Waals surface area (Å²) < 4.78 is 56.0. The standard InChI is InChI=1S/C23H26F3N2O5P/c24-20-14-27(11-9-19(20)16-5-7-18(8-6-16)33-34(30,31)32)21-10-12-28(23(21)29)13-15-1-3-17(4-2-15)22(25)26/h1-8,19-22H,9-14H2,(H2,30,31,32). The van der Waals surface area contributed by atoms with Gasteiger partial charge in [0.2, 0.25) is 5.91 Å². The summed E-state index contributed by atoms with van der Waals surface area (Å²) in [6.45, 7) is 1.51. The SMILES string of the molecule is O=C1C(N2CCC(c3ccc(OP(=O)(O)O)cc3)C(F)C2)CCN1Cc1ccc(C(F)F)cc1. The highest BCUT2D eigenvalue weighted by molar-refractivity contribution is 7.46. The van der Waals surface area contributed by atoms with Crippen molar-refractivity contribution in [3.8, 4) is 5.75 Å². The number of carbonyl (C=O) groups excluding carboxylic acids is 1. The first-order chi connectivity index (χ1) is 16.1. The minimum atomic E-state index is -4.65. The number of hydrogen-bond acceptors (Lipinski definition) is 4. The Morgan fingerprint density at radius 3 is 2.29 bits per heavy atom. The molecule has 0 aliphatic carbocycles. The fourth-order valence-corrected chi connectivity index (χ4v) is 5.10. The number of phosphoric acid groups is 1. The summed E-state index contributed by atoms with van der Waals surface area (Å²) in [5, 5.41) is 0. The molecule has 3 unspecified atom stereocenters. The summed E-state index contributed by atoms with van der Waals surface area (Å²) in [6, 6.07) is 11.5. The van der Waals surface area contributed by atoms with Gasteiger partial charge in [0.05, 0.1) is 6.04 Å². The average molecular weight is 498 g/mol. The molecule has 2 heterocycles. The number of likely N-dealkylation sites (tertiary alicyclic amines) is 2. The molecule has 2 N–H and O–H groups in total. The maximum atomic E-state index is 15.1. The Morgan fingerprint density at radius 2 is 1.71 bits per heavy atom. The van der Waals surface area contributed by atoms with Crippen molar-refractivity contribution in [1.29, 1.82) is 0 Å². The van der Waals surface area contributed by atoms with Crippen LogP contribution in [0.4, 0.5) is 13.2 Å². The Labute approximate surface area is 195 Å². The van der Waals surface area contributed by atoms with Crippen LogP contribution in [-0.2, 0) is 15.9 Å². The van der Waals surface area contributed by atoms with Crippen LogP contribution in [-0.4, -0.2) is 57.3 Å². The molecule has 2 aliphatic rings. The van der Waals surface area contributed by atoms with Crippen LogP contribution >= 0.6 is 7.82 Å². The zero-order valence-electron chi connectivity index (χ0n) is 18.3. The Morgan fingerprint density at radius 1 is 1.03 bits per heavy atom. The van der Waals surface area contributed by atoms with E-state index in [0.29, 0.717) is 38.0 Å². The molecule has 0 radical (unpaired) electrons. The normalized spacial score (nSPS) is 24.1. The molecule has 0 aromatic heterocycles. The second-order valence-corrected chi connectivity index (χ2v) is 9.83. The van der Waals surface area contributed by atoms with Gasteiger partial charge in [-0.3, -0.25) is 19.5 Å². The zero-order valence-corrected chi connectivity index (χ0v) is 19.2. The van der Waals surface area contributed by atoms with E-state index in [1.165, 1.54) is 24.3 Å². The second kappa shape index (κ2) is 10.1. The Balaban J connectivity index is 1.33. The van der Waals surface area contributed by atoms with Crippen LogP contribution in [0.2, 0.25) is 0 Å². The largest absolute Gasteiger partial charge is 0.524 e. The van der Waals surface area contributed by atoms with Crippen LogP contribution in [0, 0.1) is 0 Å². The summed E-state index contributed by atoms with van der Waals surface area (Å²) in [7, 11) is -4.65. The lowest BCUT2D eigenvalue weighted by atomic mass is 9.87. The molecule has 0 saturated carbocycles. The molecule has 11 heteroatoms. The first kappa shape index (κ1) is 24.7. The van der Waals surface area contributed by atoms with Crippen molar-refractivity contribution in [2.75, 3.05) is 19.6 Å². The highest BCUT2D eigenvalue weighted by Crippen LogP contribution is 2.39. The molecule has 4 rings (SSSR count). The molecule has 34 heavy (non-hydrogen) atoms. The predicted molar refractivity (Wildman–Crippen MR) is 118 cm³/mol. The number of rotatable bonds is 7. The lowest BCUT2D eigenvalue weighted by molar-refractivity contribution is -0.133. The van der Waals surface area contributed by atoms with Crippen molar-refractivity contribution in [3.63, 3.8) is 0 Å². The maximum Gasteiger partial charge on any atom is 0.524 e. The van der Waals surface area contributed by atoms with Crippen molar-refractivity contribution >= 4 is 13.7 Å². The number of amides is 1. The van der Waals surface area contributed by atoms with E-state index >= 15 is 4.39 Å². The molecule has 1 amide bonds. The van der Waals surface area contributed by atoms with Gasteiger partial charge in [0.15, 0.2) is 0 Å². The van der Waals surface area contributed by atoms with E-state index in [9.17, 15) is 18.1 Å². The molecule has 7 nitrogen and oxygen atoms in total. The Bertz CT molecular complexity index is 1050. The topological polar surface area (TPSA) is 90.3 Å². The summed E-state index contributed by atoms with van der Waals surface area (Å²) in [6.07, 6.45) is -2.65. The van der Waals surface area contributed by atoms with Crippen LogP contribution in [0.5, 0.6) is 5.75 Å². The molecule has 0 bridgehead atoms. The maximum absolute atomic E-state index is 15.1. The van der Waals surface area contributed by atoms with E-state index in [1.807, 2.05) is 4.90 Å². The lowest BCUT2D eigenvalue weighted by Crippen LogP contribution is -2.49. The van der Waals surface area contributed by atoms with Crippen LogP contribution in [0.15, 0.2) is 48.5 Å². The zero-order chi connectivity index (χ0) is 24.5. The van der Waals surface area contributed by atoms with Gasteiger partial charge in [-0.1, -0.05) is 36.4 Å². The molecule has 2 aromatic rings. The van der Waals surface area contributed by atoms with Gasteiger partial charge in [0.25, 0.3) is 6.43 Å². The number of benzene rings is 2. The highest BCUT2D eigenvalue weighted by atomic mass is 31.2. The smallest absolute Gasteiger partial charge is 0.404 e. The predicted octanol–water partition coefficient (Wildman–Crippen LogP) is 4.02. The molecular weight excluding hydrogens is 472 g/mol. The van der Waals surface area contributed by atoms with Gasteiger partial charge >= 0.3 is 7.82 Å². The Kier molecular flexibility index (Phi) is 7.33. The molecule has 2 saturated heterocycles. The second-order valence-electron chi connectivity index (χ2n) is 8.66. The third-order valence-electron chi connectivity index (χ3n) is 6.42. The third kappa shape index (κ3) is 5.81. The van der Waals surface area contributed by atoms with Gasteiger partial charge in [-0.05, 0) is 42.6 Å². The molecule has 2 fully saturated rings. The fraction of sp³-hybridized carbons (Fsp3) is 0.435. The summed E-state index contributed by atoms with van der Waals surface area (Å²) in [5.74, 6) is -0.464. The molecule has 2 aliphatic heterocycles. The van der Waals surface area contributed by atoms with Crippen LogP contribution in [0.1, 0.15) is 41.9 Å². The molecule has 3 atom stereocenters. The summed E-state index contributed by atoms with van der Waals surface area (Å²) in [5.41, 5.74) is 1.42. The van der Waals surface area contributed by atoms with Gasteiger partial charge in [0.1, 0.15) is 11.9 Å². The van der Waals surface area contributed by atoms with Crippen LogP contribution in [0.25, 0.3) is 0 Å². The lowest BCUT2D eigenvalue weighted by Gasteiger charge is -2.37. The number of alkyl halides is 3. The van der Waals surface area contributed by atoms with Crippen molar-refractivity contribution in [1.82, 2.24) is 9.80 Å². The van der Waals surface area contributed by atoms with E-state index in [0.717, 1.165) is 5.56 Å². The Hall–Kier alpha value is -2.39. The van der Waals surface area contributed by atoms with Gasteiger partial charge in [-0.25, -0.2) is 17.7 Å². The van der Waals surface area contributed by atoms with Gasteiger partial charge in [-0.15, -0.1) is 0 Å². The number of piperidine rings is 1. The van der Waals surface area contributed by atoms with E-state index < -0.39 is 26.5 Å².